The Labute approximate surface area is 149 Å². The predicted molar refractivity (Wildman–Crippen MR) is 102 cm³/mol. The third kappa shape index (κ3) is 5.14. The Morgan fingerprint density at radius 1 is 1.04 bits per heavy atom. The first-order valence-electron chi connectivity index (χ1n) is 8.54. The lowest BCUT2D eigenvalue weighted by molar-refractivity contribution is -0.116. The minimum absolute atomic E-state index is 0.0999. The van der Waals surface area contributed by atoms with Gasteiger partial charge in [0.25, 0.3) is 0 Å². The molecule has 5 heteroatoms. The molecule has 0 aliphatic rings. The molecule has 0 fully saturated rings. The van der Waals surface area contributed by atoms with Gasteiger partial charge in [0.15, 0.2) is 11.5 Å². The number of carbonyl (C=O) groups is 1. The van der Waals surface area contributed by atoms with Crippen LogP contribution >= 0.6 is 0 Å². The van der Waals surface area contributed by atoms with Crippen LogP contribution in [0, 0.1) is 0 Å². The lowest BCUT2D eigenvalue weighted by Crippen LogP contribution is -2.31. The van der Waals surface area contributed by atoms with Crippen molar-refractivity contribution in [3.05, 3.63) is 48.0 Å². The number of benzene rings is 2. The molecule has 1 amide bonds. The number of hydrogen-bond donors (Lipinski definition) is 2. The SMILES string of the molecule is CCOc1ccc(N[C@@H](C)C(=O)Nc2ccc(CC)cc2)cc1OC. The van der Waals surface area contributed by atoms with E-state index in [0.717, 1.165) is 17.8 Å². The van der Waals surface area contributed by atoms with Crippen molar-refractivity contribution in [1.29, 1.82) is 0 Å². The first kappa shape index (κ1) is 18.6. The number of amides is 1. The van der Waals surface area contributed by atoms with Crippen LogP contribution in [0.3, 0.4) is 0 Å². The van der Waals surface area contributed by atoms with Gasteiger partial charge < -0.3 is 20.1 Å². The van der Waals surface area contributed by atoms with Crippen molar-refractivity contribution in [3.63, 3.8) is 0 Å². The molecule has 0 spiro atoms. The molecule has 5 nitrogen and oxygen atoms in total. The average Bonchev–Trinajstić information content (AvgIpc) is 2.63. The summed E-state index contributed by atoms with van der Waals surface area (Å²) < 4.78 is 10.8. The van der Waals surface area contributed by atoms with Crippen LogP contribution in [-0.2, 0) is 11.2 Å². The Balaban J connectivity index is 2.00. The smallest absolute Gasteiger partial charge is 0.246 e. The van der Waals surface area contributed by atoms with E-state index in [4.69, 9.17) is 9.47 Å². The molecular formula is C20H26N2O3. The van der Waals surface area contributed by atoms with E-state index in [-0.39, 0.29) is 5.91 Å². The molecule has 0 aliphatic carbocycles. The summed E-state index contributed by atoms with van der Waals surface area (Å²) in [6.45, 7) is 6.41. The fraction of sp³-hybridized carbons (Fsp3) is 0.350. The monoisotopic (exact) mass is 342 g/mol. The van der Waals surface area contributed by atoms with Crippen LogP contribution in [0.25, 0.3) is 0 Å². The summed E-state index contributed by atoms with van der Waals surface area (Å²) in [5.74, 6) is 1.22. The Morgan fingerprint density at radius 2 is 1.72 bits per heavy atom. The molecule has 0 heterocycles. The Bertz CT molecular complexity index is 699. The Hall–Kier alpha value is -2.69. The van der Waals surface area contributed by atoms with E-state index in [1.165, 1.54) is 5.56 Å². The molecule has 0 aromatic heterocycles. The number of methoxy groups -OCH3 is 1. The van der Waals surface area contributed by atoms with Gasteiger partial charge in [0.2, 0.25) is 5.91 Å². The van der Waals surface area contributed by atoms with E-state index in [9.17, 15) is 4.79 Å². The third-order valence-corrected chi connectivity index (χ3v) is 3.87. The van der Waals surface area contributed by atoms with Crippen LogP contribution in [0.1, 0.15) is 26.3 Å². The highest BCUT2D eigenvalue weighted by Crippen LogP contribution is 2.30. The van der Waals surface area contributed by atoms with Gasteiger partial charge in [0, 0.05) is 17.4 Å². The van der Waals surface area contributed by atoms with Crippen molar-refractivity contribution < 1.29 is 14.3 Å². The maximum absolute atomic E-state index is 12.4. The van der Waals surface area contributed by atoms with Crippen molar-refractivity contribution in [3.8, 4) is 11.5 Å². The number of anilines is 2. The fourth-order valence-corrected chi connectivity index (χ4v) is 2.42. The molecule has 0 radical (unpaired) electrons. The van der Waals surface area contributed by atoms with Gasteiger partial charge in [0.1, 0.15) is 6.04 Å². The second kappa shape index (κ2) is 8.97. The number of nitrogens with one attached hydrogen (secondary N) is 2. The molecular weight excluding hydrogens is 316 g/mol. The average molecular weight is 342 g/mol. The van der Waals surface area contributed by atoms with Gasteiger partial charge in [-0.05, 0) is 50.1 Å². The largest absolute Gasteiger partial charge is 0.493 e. The summed E-state index contributed by atoms with van der Waals surface area (Å²) in [5.41, 5.74) is 2.83. The van der Waals surface area contributed by atoms with Crippen LogP contribution in [-0.4, -0.2) is 25.7 Å². The maximum atomic E-state index is 12.4. The van der Waals surface area contributed by atoms with Gasteiger partial charge in [-0.1, -0.05) is 19.1 Å². The van der Waals surface area contributed by atoms with Gasteiger partial charge in [0.05, 0.1) is 13.7 Å². The molecule has 0 aliphatic heterocycles. The predicted octanol–water partition coefficient (Wildman–Crippen LogP) is 4.10. The fourth-order valence-electron chi connectivity index (χ4n) is 2.42. The van der Waals surface area contributed by atoms with Gasteiger partial charge in [-0.15, -0.1) is 0 Å². The van der Waals surface area contributed by atoms with E-state index >= 15 is 0 Å². The summed E-state index contributed by atoms with van der Waals surface area (Å²) >= 11 is 0. The quantitative estimate of drug-likeness (QED) is 0.758. The molecule has 134 valence electrons. The summed E-state index contributed by atoms with van der Waals surface area (Å²) in [6, 6.07) is 13.0. The molecule has 0 unspecified atom stereocenters. The number of carbonyl (C=O) groups excluding carboxylic acids is 1. The molecule has 25 heavy (non-hydrogen) atoms. The normalized spacial score (nSPS) is 11.5. The van der Waals surface area contributed by atoms with E-state index < -0.39 is 6.04 Å². The first-order chi connectivity index (χ1) is 12.1. The first-order valence-corrected chi connectivity index (χ1v) is 8.54. The van der Waals surface area contributed by atoms with E-state index in [0.29, 0.717) is 18.1 Å². The molecule has 1 atom stereocenters. The zero-order chi connectivity index (χ0) is 18.2. The van der Waals surface area contributed by atoms with Crippen LogP contribution in [0.2, 0.25) is 0 Å². The highest BCUT2D eigenvalue weighted by atomic mass is 16.5. The summed E-state index contributed by atoms with van der Waals surface area (Å²) in [7, 11) is 1.59. The van der Waals surface area contributed by atoms with Gasteiger partial charge in [-0.25, -0.2) is 0 Å². The zero-order valence-corrected chi connectivity index (χ0v) is 15.3. The second-order valence-corrected chi connectivity index (χ2v) is 5.70. The van der Waals surface area contributed by atoms with Crippen LogP contribution in [0.4, 0.5) is 11.4 Å². The number of ether oxygens (including phenoxy) is 2. The zero-order valence-electron chi connectivity index (χ0n) is 15.3. The maximum Gasteiger partial charge on any atom is 0.246 e. The molecule has 0 saturated heterocycles. The molecule has 2 aromatic carbocycles. The topological polar surface area (TPSA) is 59.6 Å². The summed E-state index contributed by atoms with van der Waals surface area (Å²) in [4.78, 5) is 12.4. The number of aryl methyl sites for hydroxylation is 1. The Kier molecular flexibility index (Phi) is 6.69. The van der Waals surface area contributed by atoms with Gasteiger partial charge >= 0.3 is 0 Å². The van der Waals surface area contributed by atoms with Crippen LogP contribution < -0.4 is 20.1 Å². The second-order valence-electron chi connectivity index (χ2n) is 5.70. The molecule has 2 aromatic rings. The van der Waals surface area contributed by atoms with E-state index in [1.54, 1.807) is 7.11 Å². The van der Waals surface area contributed by atoms with Crippen molar-refractivity contribution in [2.75, 3.05) is 24.4 Å². The number of rotatable bonds is 8. The summed E-state index contributed by atoms with van der Waals surface area (Å²) in [6.07, 6.45) is 0.978. The minimum Gasteiger partial charge on any atom is -0.493 e. The molecule has 0 bridgehead atoms. The van der Waals surface area contributed by atoms with Crippen molar-refractivity contribution >= 4 is 17.3 Å². The van der Waals surface area contributed by atoms with Crippen LogP contribution in [0.5, 0.6) is 11.5 Å². The molecule has 0 saturated carbocycles. The number of hydrogen-bond acceptors (Lipinski definition) is 4. The van der Waals surface area contributed by atoms with Crippen LogP contribution in [0.15, 0.2) is 42.5 Å². The standard InChI is InChI=1S/C20H26N2O3/c1-5-15-7-9-16(10-8-15)22-20(23)14(3)21-17-11-12-18(25-6-2)19(13-17)24-4/h7-14,21H,5-6H2,1-4H3,(H,22,23)/t14-/m0/s1. The Morgan fingerprint density at radius 3 is 2.32 bits per heavy atom. The molecule has 2 rings (SSSR count). The third-order valence-electron chi connectivity index (χ3n) is 3.87. The summed E-state index contributed by atoms with van der Waals surface area (Å²) in [5, 5.41) is 6.10. The lowest BCUT2D eigenvalue weighted by atomic mass is 10.1. The van der Waals surface area contributed by atoms with E-state index in [2.05, 4.69) is 17.6 Å². The minimum atomic E-state index is -0.395. The molecule has 2 N–H and O–H groups in total. The van der Waals surface area contributed by atoms with E-state index in [1.807, 2.05) is 56.3 Å². The highest BCUT2D eigenvalue weighted by Gasteiger charge is 2.14. The highest BCUT2D eigenvalue weighted by molar-refractivity contribution is 5.96. The van der Waals surface area contributed by atoms with Crippen molar-refractivity contribution in [2.45, 2.75) is 33.2 Å². The van der Waals surface area contributed by atoms with Crippen molar-refractivity contribution in [1.82, 2.24) is 0 Å². The lowest BCUT2D eigenvalue weighted by Gasteiger charge is -2.17. The van der Waals surface area contributed by atoms with Gasteiger partial charge in [-0.3, -0.25) is 4.79 Å². The van der Waals surface area contributed by atoms with Crippen molar-refractivity contribution in [2.24, 2.45) is 0 Å². The van der Waals surface area contributed by atoms with Gasteiger partial charge in [-0.2, -0.15) is 0 Å².